The third-order valence-corrected chi connectivity index (χ3v) is 3.50. The van der Waals surface area contributed by atoms with Crippen molar-refractivity contribution in [2.24, 2.45) is 0 Å². The summed E-state index contributed by atoms with van der Waals surface area (Å²) in [6, 6.07) is 14.0. The van der Waals surface area contributed by atoms with Crippen LogP contribution >= 0.6 is 15.9 Å². The molecule has 0 saturated carbocycles. The molecule has 23 heavy (non-hydrogen) atoms. The Hall–Kier alpha value is -2.34. The Morgan fingerprint density at radius 1 is 1.09 bits per heavy atom. The lowest BCUT2D eigenvalue weighted by molar-refractivity contribution is -0.118. The van der Waals surface area contributed by atoms with E-state index in [1.807, 2.05) is 19.1 Å². The monoisotopic (exact) mass is 376 g/mol. The number of rotatable bonds is 6. The summed E-state index contributed by atoms with van der Waals surface area (Å²) in [5.41, 5.74) is 0.884. The first-order valence-electron chi connectivity index (χ1n) is 7.15. The molecule has 5 nitrogen and oxygen atoms in total. The molecule has 0 saturated heterocycles. The summed E-state index contributed by atoms with van der Waals surface area (Å²) >= 11 is 3.33. The average molecular weight is 377 g/mol. The number of carbonyl (C=O) groups excluding carboxylic acids is 2. The topological polar surface area (TPSA) is 67.4 Å². The maximum Gasteiger partial charge on any atom is 0.262 e. The minimum Gasteiger partial charge on any atom is -0.484 e. The third kappa shape index (κ3) is 5.10. The number of halogens is 1. The van der Waals surface area contributed by atoms with Gasteiger partial charge >= 0.3 is 0 Å². The van der Waals surface area contributed by atoms with Gasteiger partial charge in [0, 0.05) is 11.0 Å². The van der Waals surface area contributed by atoms with Crippen molar-refractivity contribution >= 4 is 33.4 Å². The van der Waals surface area contributed by atoms with Crippen molar-refractivity contribution in [3.05, 3.63) is 58.6 Å². The Kier molecular flexibility index (Phi) is 6.17. The van der Waals surface area contributed by atoms with Gasteiger partial charge in [0.25, 0.3) is 11.8 Å². The number of nitrogens with one attached hydrogen (secondary N) is 2. The fourth-order valence-electron chi connectivity index (χ4n) is 1.91. The van der Waals surface area contributed by atoms with E-state index in [9.17, 15) is 9.59 Å². The zero-order valence-corrected chi connectivity index (χ0v) is 14.2. The van der Waals surface area contributed by atoms with Crippen LogP contribution in [-0.2, 0) is 4.79 Å². The lowest BCUT2D eigenvalue weighted by Crippen LogP contribution is -2.26. The van der Waals surface area contributed by atoms with Crippen LogP contribution in [0.2, 0.25) is 0 Å². The van der Waals surface area contributed by atoms with E-state index in [0.717, 1.165) is 4.47 Å². The average Bonchev–Trinajstić information content (AvgIpc) is 2.55. The Morgan fingerprint density at radius 3 is 2.48 bits per heavy atom. The molecule has 0 unspecified atom stereocenters. The lowest BCUT2D eigenvalue weighted by Gasteiger charge is -2.11. The Bertz CT molecular complexity index is 686. The first kappa shape index (κ1) is 17.0. The number of carbonyl (C=O) groups is 2. The molecule has 2 aromatic carbocycles. The quantitative estimate of drug-likeness (QED) is 0.813. The van der Waals surface area contributed by atoms with Crippen molar-refractivity contribution in [3.63, 3.8) is 0 Å². The molecule has 0 aromatic heterocycles. The van der Waals surface area contributed by atoms with Gasteiger partial charge < -0.3 is 15.4 Å². The van der Waals surface area contributed by atoms with Crippen molar-refractivity contribution in [1.82, 2.24) is 5.32 Å². The second kappa shape index (κ2) is 8.33. The minimum atomic E-state index is -0.329. The van der Waals surface area contributed by atoms with Gasteiger partial charge in [-0.25, -0.2) is 0 Å². The molecule has 0 aliphatic heterocycles. The van der Waals surface area contributed by atoms with Gasteiger partial charge in [-0.2, -0.15) is 0 Å². The standard InChI is InChI=1S/C17H17BrN2O3/c1-2-19-17(22)14-5-3-4-6-15(14)20-16(21)11-23-13-9-7-12(18)8-10-13/h3-10H,2,11H2,1H3,(H,19,22)(H,20,21). The van der Waals surface area contributed by atoms with Crippen molar-refractivity contribution < 1.29 is 14.3 Å². The van der Waals surface area contributed by atoms with E-state index in [1.54, 1.807) is 36.4 Å². The van der Waals surface area contributed by atoms with Gasteiger partial charge in [0.05, 0.1) is 11.3 Å². The first-order chi connectivity index (χ1) is 11.1. The SMILES string of the molecule is CCNC(=O)c1ccccc1NC(=O)COc1ccc(Br)cc1. The number of anilines is 1. The highest BCUT2D eigenvalue weighted by molar-refractivity contribution is 9.10. The normalized spacial score (nSPS) is 10.0. The van der Waals surface area contributed by atoms with Crippen molar-refractivity contribution in [2.45, 2.75) is 6.92 Å². The van der Waals surface area contributed by atoms with Crippen LogP contribution in [0.5, 0.6) is 5.75 Å². The zero-order valence-electron chi connectivity index (χ0n) is 12.6. The molecule has 2 aromatic rings. The van der Waals surface area contributed by atoms with Crippen LogP contribution in [0.25, 0.3) is 0 Å². The molecule has 6 heteroatoms. The Labute approximate surface area is 143 Å². The van der Waals surface area contributed by atoms with Gasteiger partial charge in [0.2, 0.25) is 0 Å². The molecule has 120 valence electrons. The number of amides is 2. The smallest absolute Gasteiger partial charge is 0.262 e. The first-order valence-corrected chi connectivity index (χ1v) is 7.95. The predicted octanol–water partition coefficient (Wildman–Crippen LogP) is 3.22. The zero-order chi connectivity index (χ0) is 16.7. The van der Waals surface area contributed by atoms with Gasteiger partial charge in [0.1, 0.15) is 5.75 Å². The summed E-state index contributed by atoms with van der Waals surface area (Å²) in [4.78, 5) is 24.0. The maximum absolute atomic E-state index is 12.0. The predicted molar refractivity (Wildman–Crippen MR) is 92.7 cm³/mol. The second-order valence-electron chi connectivity index (χ2n) is 4.70. The van der Waals surface area contributed by atoms with Gasteiger partial charge in [-0.15, -0.1) is 0 Å². The number of hydrogen-bond acceptors (Lipinski definition) is 3. The maximum atomic E-state index is 12.0. The molecule has 2 N–H and O–H groups in total. The van der Waals surface area contributed by atoms with Gasteiger partial charge in [-0.05, 0) is 43.3 Å². The molecule has 0 radical (unpaired) electrons. The van der Waals surface area contributed by atoms with E-state index < -0.39 is 0 Å². The third-order valence-electron chi connectivity index (χ3n) is 2.97. The molecule has 0 bridgehead atoms. The van der Waals surface area contributed by atoms with Crippen molar-refractivity contribution in [1.29, 1.82) is 0 Å². The van der Waals surface area contributed by atoms with Gasteiger partial charge in [-0.3, -0.25) is 9.59 Å². The molecule has 0 fully saturated rings. The highest BCUT2D eigenvalue weighted by atomic mass is 79.9. The molecule has 0 spiro atoms. The molecular weight excluding hydrogens is 360 g/mol. The van der Waals surface area contributed by atoms with Gasteiger partial charge in [0.15, 0.2) is 6.61 Å². The summed E-state index contributed by atoms with van der Waals surface area (Å²) in [6.07, 6.45) is 0. The number of hydrogen-bond donors (Lipinski definition) is 2. The minimum absolute atomic E-state index is 0.134. The molecule has 0 heterocycles. The molecular formula is C17H17BrN2O3. The number of ether oxygens (including phenoxy) is 1. The molecule has 2 amide bonds. The van der Waals surface area contributed by atoms with Gasteiger partial charge in [-0.1, -0.05) is 28.1 Å². The van der Waals surface area contributed by atoms with E-state index in [4.69, 9.17) is 4.74 Å². The molecule has 0 aliphatic rings. The van der Waals surface area contributed by atoms with Crippen LogP contribution in [0.3, 0.4) is 0 Å². The van der Waals surface area contributed by atoms with Crippen LogP contribution < -0.4 is 15.4 Å². The van der Waals surface area contributed by atoms with Crippen LogP contribution in [0, 0.1) is 0 Å². The number of benzene rings is 2. The van der Waals surface area contributed by atoms with Crippen LogP contribution in [-0.4, -0.2) is 25.0 Å². The summed E-state index contributed by atoms with van der Waals surface area (Å²) in [5.74, 6) is 0.0438. The van der Waals surface area contributed by atoms with Crippen molar-refractivity contribution in [2.75, 3.05) is 18.5 Å². The van der Waals surface area contributed by atoms with E-state index in [0.29, 0.717) is 23.5 Å². The van der Waals surface area contributed by atoms with Crippen molar-refractivity contribution in [3.8, 4) is 5.75 Å². The van der Waals surface area contributed by atoms with Crippen LogP contribution in [0.15, 0.2) is 53.0 Å². The number of para-hydroxylation sites is 1. The van der Waals surface area contributed by atoms with E-state index >= 15 is 0 Å². The summed E-state index contributed by atoms with van der Waals surface area (Å²) in [6.45, 7) is 2.23. The fourth-order valence-corrected chi connectivity index (χ4v) is 2.18. The summed E-state index contributed by atoms with van der Waals surface area (Å²) < 4.78 is 6.34. The fraction of sp³-hybridized carbons (Fsp3) is 0.176. The Balaban J connectivity index is 1.97. The lowest BCUT2D eigenvalue weighted by atomic mass is 10.1. The largest absolute Gasteiger partial charge is 0.484 e. The summed E-state index contributed by atoms with van der Waals surface area (Å²) in [7, 11) is 0. The molecule has 2 rings (SSSR count). The van der Waals surface area contributed by atoms with E-state index in [1.165, 1.54) is 0 Å². The van der Waals surface area contributed by atoms with E-state index in [2.05, 4.69) is 26.6 Å². The highest BCUT2D eigenvalue weighted by Crippen LogP contribution is 2.17. The van der Waals surface area contributed by atoms with E-state index in [-0.39, 0.29) is 18.4 Å². The Morgan fingerprint density at radius 2 is 1.78 bits per heavy atom. The van der Waals surface area contributed by atoms with Crippen LogP contribution in [0.1, 0.15) is 17.3 Å². The second-order valence-corrected chi connectivity index (χ2v) is 5.61. The summed E-state index contributed by atoms with van der Waals surface area (Å²) in [5, 5.41) is 5.41. The molecule has 0 atom stereocenters. The van der Waals surface area contributed by atoms with Crippen LogP contribution in [0.4, 0.5) is 5.69 Å². The molecule has 0 aliphatic carbocycles. The highest BCUT2D eigenvalue weighted by Gasteiger charge is 2.12.